The first-order chi connectivity index (χ1) is 16.9. The largest absolute Gasteiger partial charge is 0.494 e. The summed E-state index contributed by atoms with van der Waals surface area (Å²) in [5.41, 5.74) is 2.80. The minimum Gasteiger partial charge on any atom is -0.399 e. The van der Waals surface area contributed by atoms with Gasteiger partial charge in [0, 0.05) is 0 Å². The number of hydrogen-bond donors (Lipinski definition) is 0. The topological polar surface area (TPSA) is 18.5 Å². The summed E-state index contributed by atoms with van der Waals surface area (Å²) in [4.78, 5) is 0. The maximum absolute atomic E-state index is 8.45. The van der Waals surface area contributed by atoms with Crippen LogP contribution < -0.4 is 5.46 Å². The van der Waals surface area contributed by atoms with Crippen LogP contribution >= 0.6 is 0 Å². The molecule has 2 nitrogen and oxygen atoms in total. The van der Waals surface area contributed by atoms with Crippen LogP contribution in [0.3, 0.4) is 0 Å². The molecule has 1 heterocycles. The molecule has 1 aliphatic heterocycles. The van der Waals surface area contributed by atoms with Crippen molar-refractivity contribution in [3.05, 3.63) is 90.9 Å². The third kappa shape index (κ3) is 3.48. The third-order valence-corrected chi connectivity index (χ3v) is 6.41. The molecule has 0 unspecified atom stereocenters. The van der Waals surface area contributed by atoms with Crippen molar-refractivity contribution in [2.75, 3.05) is 0 Å². The second kappa shape index (κ2) is 7.37. The van der Waals surface area contributed by atoms with Gasteiger partial charge in [0.15, 0.2) is 0 Å². The highest BCUT2D eigenvalue weighted by Gasteiger charge is 2.51. The summed E-state index contributed by atoms with van der Waals surface area (Å²) in [5, 5.41) is 1.74. The van der Waals surface area contributed by atoms with E-state index in [-0.39, 0.29) is 29.7 Å². The first kappa shape index (κ1) is 15.0. The van der Waals surface area contributed by atoms with Gasteiger partial charge in [-0.1, -0.05) is 90.9 Å². The van der Waals surface area contributed by atoms with E-state index in [9.17, 15) is 0 Å². The summed E-state index contributed by atoms with van der Waals surface area (Å²) in [5.74, 6) is 0. The Hall–Kier alpha value is -2.88. The van der Waals surface area contributed by atoms with Crippen molar-refractivity contribution in [1.82, 2.24) is 0 Å². The van der Waals surface area contributed by atoms with E-state index in [0.29, 0.717) is 5.56 Å². The smallest absolute Gasteiger partial charge is 0.399 e. The summed E-state index contributed by atoms with van der Waals surface area (Å²) in [6, 6.07) is 18.1. The van der Waals surface area contributed by atoms with E-state index in [0.717, 1.165) is 27.4 Å². The molecule has 1 aliphatic rings. The molecule has 0 atom stereocenters. The summed E-state index contributed by atoms with van der Waals surface area (Å²) in [7, 11) is -0.480. The zero-order valence-electron chi connectivity index (χ0n) is 23.2. The lowest BCUT2D eigenvalue weighted by Crippen LogP contribution is -2.41. The van der Waals surface area contributed by atoms with Gasteiger partial charge in [0.05, 0.1) is 18.1 Å². The van der Waals surface area contributed by atoms with E-state index in [1.165, 1.54) is 0 Å². The van der Waals surface area contributed by atoms with Gasteiger partial charge in [-0.3, -0.25) is 0 Å². The highest BCUT2D eigenvalue weighted by Crippen LogP contribution is 2.37. The predicted octanol–water partition coefficient (Wildman–Crippen LogP) is 6.47. The molecule has 0 amide bonds. The first-order valence-corrected chi connectivity index (χ1v) is 10.5. The molecule has 0 aliphatic carbocycles. The molecular weight excluding hydrogens is 379 g/mol. The molecule has 0 aromatic heterocycles. The van der Waals surface area contributed by atoms with Gasteiger partial charge < -0.3 is 9.31 Å². The van der Waals surface area contributed by atoms with Gasteiger partial charge in [-0.15, -0.1) is 0 Å². The Morgan fingerprint density at radius 3 is 1.84 bits per heavy atom. The summed E-state index contributed by atoms with van der Waals surface area (Å²) in [6.45, 7) is 8.12. The van der Waals surface area contributed by atoms with Crippen molar-refractivity contribution in [2.45, 2.75) is 38.9 Å². The van der Waals surface area contributed by atoms with Crippen molar-refractivity contribution in [3.8, 4) is 22.3 Å². The minimum atomic E-state index is -0.480. The molecular formula is C28H27BO2. The Balaban J connectivity index is 1.65. The van der Waals surface area contributed by atoms with Crippen LogP contribution in [-0.2, 0) is 9.31 Å². The molecule has 0 N–H and O–H groups in total. The number of rotatable bonds is 3. The van der Waals surface area contributed by atoms with Crippen molar-refractivity contribution in [1.29, 1.82) is 0 Å². The summed E-state index contributed by atoms with van der Waals surface area (Å²) < 4.78 is 53.5. The average Bonchev–Trinajstić information content (AvgIpc) is 3.08. The average molecular weight is 411 g/mol. The maximum Gasteiger partial charge on any atom is 0.494 e. The Labute approximate surface area is 192 Å². The Morgan fingerprint density at radius 1 is 0.677 bits per heavy atom. The molecule has 0 spiro atoms. The van der Waals surface area contributed by atoms with Crippen LogP contribution in [0.15, 0.2) is 90.9 Å². The molecule has 4 aromatic carbocycles. The Morgan fingerprint density at radius 2 is 1.23 bits per heavy atom. The van der Waals surface area contributed by atoms with Crippen molar-refractivity contribution < 1.29 is 16.2 Å². The normalized spacial score (nSPS) is 19.5. The number of benzene rings is 4. The molecule has 0 saturated carbocycles. The third-order valence-electron chi connectivity index (χ3n) is 6.41. The standard InChI is InChI=1S/C28H27BO2/c1-27(2)28(3,4)31-29(30-27)22-14-8-13-21(19-22)24-16-10-17-25-23(15-9-18-26(24)25)20-11-6-5-7-12-20/h5-19H,1-4H3/i5D,6D,7D,11D,12D. The van der Waals surface area contributed by atoms with Crippen molar-refractivity contribution in [3.63, 3.8) is 0 Å². The van der Waals surface area contributed by atoms with Gasteiger partial charge in [0.25, 0.3) is 0 Å². The minimum absolute atomic E-state index is 0.203. The van der Waals surface area contributed by atoms with Gasteiger partial charge in [-0.2, -0.15) is 0 Å². The van der Waals surface area contributed by atoms with Crippen LogP contribution in [-0.4, -0.2) is 18.3 Å². The first-order valence-electron chi connectivity index (χ1n) is 13.0. The molecule has 3 heteroatoms. The highest BCUT2D eigenvalue weighted by molar-refractivity contribution is 6.62. The van der Waals surface area contributed by atoms with E-state index in [4.69, 9.17) is 16.2 Å². The van der Waals surface area contributed by atoms with Gasteiger partial charge in [0.1, 0.15) is 0 Å². The van der Waals surface area contributed by atoms with E-state index in [2.05, 4.69) is 6.07 Å². The monoisotopic (exact) mass is 411 g/mol. The van der Waals surface area contributed by atoms with Crippen LogP contribution in [0.25, 0.3) is 33.0 Å². The lowest BCUT2D eigenvalue weighted by molar-refractivity contribution is 0.00578. The fourth-order valence-electron chi connectivity index (χ4n) is 4.00. The fraction of sp³-hybridized carbons (Fsp3) is 0.214. The highest BCUT2D eigenvalue weighted by atomic mass is 16.7. The van der Waals surface area contributed by atoms with Gasteiger partial charge in [0.2, 0.25) is 0 Å². The predicted molar refractivity (Wildman–Crippen MR) is 131 cm³/mol. The Bertz CT molecular complexity index is 1470. The van der Waals surface area contributed by atoms with Crippen LogP contribution in [0.2, 0.25) is 0 Å². The second-order valence-corrected chi connectivity index (χ2v) is 8.92. The number of fused-ring (bicyclic) bond motifs is 1. The van der Waals surface area contributed by atoms with Crippen LogP contribution in [0.4, 0.5) is 0 Å². The zero-order valence-corrected chi connectivity index (χ0v) is 18.2. The maximum atomic E-state index is 8.45. The lowest BCUT2D eigenvalue weighted by Gasteiger charge is -2.32. The molecule has 0 radical (unpaired) electrons. The van der Waals surface area contributed by atoms with Crippen LogP contribution in [0.5, 0.6) is 0 Å². The van der Waals surface area contributed by atoms with Crippen LogP contribution in [0, 0.1) is 0 Å². The Kier molecular flexibility index (Phi) is 3.57. The van der Waals surface area contributed by atoms with E-state index >= 15 is 0 Å². The quantitative estimate of drug-likeness (QED) is 0.360. The zero-order chi connectivity index (χ0) is 26.0. The molecule has 4 aromatic rings. The molecule has 0 bridgehead atoms. The summed E-state index contributed by atoms with van der Waals surface area (Å²) >= 11 is 0. The molecule has 154 valence electrons. The van der Waals surface area contributed by atoms with E-state index in [1.807, 2.05) is 76.2 Å². The van der Waals surface area contributed by atoms with Gasteiger partial charge in [-0.05, 0) is 66.2 Å². The lowest BCUT2D eigenvalue weighted by atomic mass is 9.77. The van der Waals surface area contributed by atoms with Gasteiger partial charge >= 0.3 is 7.12 Å². The molecule has 31 heavy (non-hydrogen) atoms. The van der Waals surface area contributed by atoms with Gasteiger partial charge in [-0.25, -0.2) is 0 Å². The second-order valence-electron chi connectivity index (χ2n) is 8.92. The summed E-state index contributed by atoms with van der Waals surface area (Å²) in [6.07, 6.45) is 0. The molecule has 1 fully saturated rings. The molecule has 1 saturated heterocycles. The van der Waals surface area contributed by atoms with Crippen LogP contribution in [0.1, 0.15) is 34.5 Å². The van der Waals surface area contributed by atoms with E-state index in [1.54, 1.807) is 6.07 Å². The van der Waals surface area contributed by atoms with E-state index < -0.39 is 24.4 Å². The number of hydrogen-bond acceptors (Lipinski definition) is 2. The SMILES string of the molecule is [2H]c1c([2H])c([2H])c(-c2cccc3c(-c4cccc(B5OC(C)(C)C(C)(C)O5)c4)cccc23)c([2H])c1[2H]. The van der Waals surface area contributed by atoms with Crippen molar-refractivity contribution >= 4 is 23.4 Å². The van der Waals surface area contributed by atoms with Crippen molar-refractivity contribution in [2.24, 2.45) is 0 Å². The fourth-order valence-corrected chi connectivity index (χ4v) is 4.00. The molecule has 5 rings (SSSR count).